The maximum Gasteiger partial charge on any atom is 0.335 e. The van der Waals surface area contributed by atoms with Crippen LogP contribution >= 0.6 is 0 Å². The van der Waals surface area contributed by atoms with Crippen LogP contribution in [0.25, 0.3) is 11.3 Å². The molecule has 1 amide bonds. The maximum absolute atomic E-state index is 13.7. The first-order valence-corrected chi connectivity index (χ1v) is 14.8. The van der Waals surface area contributed by atoms with Gasteiger partial charge in [-0.15, -0.1) is 0 Å². The molecule has 0 unspecified atom stereocenters. The van der Waals surface area contributed by atoms with E-state index < -0.39 is 5.97 Å². The number of aromatic carboxylic acids is 1. The molecule has 43 heavy (non-hydrogen) atoms. The average molecular weight is 583 g/mol. The Bertz CT molecular complexity index is 1600. The largest absolute Gasteiger partial charge is 0.478 e. The summed E-state index contributed by atoms with van der Waals surface area (Å²) in [6.45, 7) is 11.0. The van der Waals surface area contributed by atoms with Crippen LogP contribution in [-0.4, -0.2) is 51.3 Å². The summed E-state index contributed by atoms with van der Waals surface area (Å²) in [5, 5.41) is 16.8. The van der Waals surface area contributed by atoms with E-state index in [1.165, 1.54) is 28.8 Å². The summed E-state index contributed by atoms with van der Waals surface area (Å²) in [7, 11) is 0. The molecule has 0 spiro atoms. The number of halogens is 1. The minimum absolute atomic E-state index is 0.261. The fourth-order valence-electron chi connectivity index (χ4n) is 5.79. The summed E-state index contributed by atoms with van der Waals surface area (Å²) < 4.78 is 15.5. The van der Waals surface area contributed by atoms with Gasteiger partial charge in [0.05, 0.1) is 28.6 Å². The van der Waals surface area contributed by atoms with Crippen LogP contribution in [0.15, 0.2) is 72.9 Å². The highest BCUT2D eigenvalue weighted by Crippen LogP contribution is 2.31. The van der Waals surface area contributed by atoms with E-state index in [4.69, 9.17) is 5.11 Å². The summed E-state index contributed by atoms with van der Waals surface area (Å²) >= 11 is 0. The van der Waals surface area contributed by atoms with Gasteiger partial charge in [0.25, 0.3) is 5.91 Å². The number of anilines is 1. The molecule has 224 valence electrons. The summed E-state index contributed by atoms with van der Waals surface area (Å²) in [4.78, 5) is 27.2. The van der Waals surface area contributed by atoms with Gasteiger partial charge in [0.1, 0.15) is 5.82 Å². The predicted molar refractivity (Wildman–Crippen MR) is 167 cm³/mol. The molecule has 7 nitrogen and oxygen atoms in total. The molecule has 0 atom stereocenters. The lowest BCUT2D eigenvalue weighted by atomic mass is 9.89. The third kappa shape index (κ3) is 7.03. The van der Waals surface area contributed by atoms with Gasteiger partial charge in [-0.2, -0.15) is 5.10 Å². The fourth-order valence-corrected chi connectivity index (χ4v) is 5.79. The average Bonchev–Trinajstić information content (AvgIpc) is 3.45. The van der Waals surface area contributed by atoms with Crippen molar-refractivity contribution in [3.8, 4) is 11.3 Å². The molecule has 1 saturated heterocycles. The molecule has 0 saturated carbocycles. The molecule has 2 N–H and O–H groups in total. The van der Waals surface area contributed by atoms with Crippen LogP contribution < -0.4 is 5.32 Å². The Balaban J connectivity index is 1.23. The quantitative estimate of drug-likeness (QED) is 0.231. The van der Waals surface area contributed by atoms with Gasteiger partial charge in [-0.25, -0.2) is 9.18 Å². The van der Waals surface area contributed by atoms with E-state index in [0.29, 0.717) is 22.7 Å². The molecule has 1 aliphatic heterocycles. The standard InChI is InChI=1S/C35H39FN4O3/c1-23-5-14-30(38-33(41)31-22-37-40(35(2,3)4)32(31)26-10-12-29(36)13-11-26)21-28(23)17-20-39-18-15-25(16-19-39)24-6-8-27(9-7-24)34(42)43/h5-14,21-22,25H,15-20H2,1-4H3,(H,38,41)(H,42,43). The van der Waals surface area contributed by atoms with Gasteiger partial charge in [0, 0.05) is 17.8 Å². The Kier molecular flexibility index (Phi) is 8.78. The SMILES string of the molecule is Cc1ccc(NC(=O)c2cnn(C(C)(C)C)c2-c2ccc(F)cc2)cc1CCN1CCC(c2ccc(C(=O)O)cc2)CC1. The molecule has 4 aromatic rings. The summed E-state index contributed by atoms with van der Waals surface area (Å²) in [5.41, 5.74) is 6.06. The number of carbonyl (C=O) groups excluding carboxylic acids is 1. The van der Waals surface area contributed by atoms with Crippen molar-refractivity contribution in [3.63, 3.8) is 0 Å². The Labute approximate surface area is 252 Å². The van der Waals surface area contributed by atoms with E-state index >= 15 is 0 Å². The van der Waals surface area contributed by atoms with Crippen molar-refractivity contribution >= 4 is 17.6 Å². The minimum atomic E-state index is -0.897. The van der Waals surface area contributed by atoms with E-state index in [1.54, 1.807) is 30.5 Å². The van der Waals surface area contributed by atoms with Gasteiger partial charge in [-0.05, 0) is 131 Å². The Morgan fingerprint density at radius 2 is 1.67 bits per heavy atom. The van der Waals surface area contributed by atoms with Crippen LogP contribution in [0.2, 0.25) is 0 Å². The van der Waals surface area contributed by atoms with Crippen LogP contribution in [-0.2, 0) is 12.0 Å². The first kappa shape index (κ1) is 30.2. The molecular weight excluding hydrogens is 543 g/mol. The van der Waals surface area contributed by atoms with Crippen molar-refractivity contribution in [2.24, 2.45) is 0 Å². The van der Waals surface area contributed by atoms with Crippen LogP contribution in [0, 0.1) is 12.7 Å². The highest BCUT2D eigenvalue weighted by atomic mass is 19.1. The lowest BCUT2D eigenvalue weighted by molar-refractivity contribution is 0.0696. The zero-order chi connectivity index (χ0) is 30.7. The molecule has 1 aromatic heterocycles. The molecule has 1 fully saturated rings. The zero-order valence-electron chi connectivity index (χ0n) is 25.2. The third-order valence-corrected chi connectivity index (χ3v) is 8.29. The number of piperidine rings is 1. The van der Waals surface area contributed by atoms with E-state index in [0.717, 1.165) is 50.1 Å². The smallest absolute Gasteiger partial charge is 0.335 e. The van der Waals surface area contributed by atoms with Crippen LogP contribution in [0.1, 0.15) is 76.9 Å². The molecule has 0 radical (unpaired) electrons. The number of rotatable bonds is 8. The highest BCUT2D eigenvalue weighted by Gasteiger charge is 2.26. The zero-order valence-corrected chi connectivity index (χ0v) is 25.2. The summed E-state index contributed by atoms with van der Waals surface area (Å²) in [5.74, 6) is -1.04. The molecule has 3 aromatic carbocycles. The molecule has 2 heterocycles. The van der Waals surface area contributed by atoms with E-state index in [2.05, 4.69) is 28.3 Å². The van der Waals surface area contributed by atoms with Gasteiger partial charge in [0.2, 0.25) is 0 Å². The lowest BCUT2D eigenvalue weighted by Crippen LogP contribution is -2.34. The number of hydrogen-bond donors (Lipinski definition) is 2. The number of benzene rings is 3. The summed E-state index contributed by atoms with van der Waals surface area (Å²) in [6.07, 6.45) is 4.54. The van der Waals surface area contributed by atoms with Crippen molar-refractivity contribution in [1.29, 1.82) is 0 Å². The van der Waals surface area contributed by atoms with Gasteiger partial charge >= 0.3 is 5.97 Å². The number of nitrogens with zero attached hydrogens (tertiary/aromatic N) is 3. The Hall–Kier alpha value is -4.30. The van der Waals surface area contributed by atoms with Crippen molar-refractivity contribution in [2.75, 3.05) is 25.0 Å². The topological polar surface area (TPSA) is 87.5 Å². The Morgan fingerprint density at radius 1 is 1.00 bits per heavy atom. The number of aryl methyl sites for hydroxylation is 1. The van der Waals surface area contributed by atoms with Crippen molar-refractivity contribution in [1.82, 2.24) is 14.7 Å². The second-order valence-electron chi connectivity index (χ2n) is 12.4. The lowest BCUT2D eigenvalue weighted by Gasteiger charge is -2.32. The number of nitrogens with one attached hydrogen (secondary N) is 1. The minimum Gasteiger partial charge on any atom is -0.478 e. The predicted octanol–water partition coefficient (Wildman–Crippen LogP) is 7.13. The van der Waals surface area contributed by atoms with Crippen molar-refractivity contribution in [3.05, 3.63) is 107 Å². The maximum atomic E-state index is 13.7. The molecular formula is C35H39FN4O3. The van der Waals surface area contributed by atoms with Gasteiger partial charge in [-0.1, -0.05) is 18.2 Å². The van der Waals surface area contributed by atoms with Gasteiger partial charge in [-0.3, -0.25) is 9.48 Å². The highest BCUT2D eigenvalue weighted by molar-refractivity contribution is 6.08. The number of amides is 1. The second kappa shape index (κ2) is 12.5. The first-order chi connectivity index (χ1) is 20.5. The molecule has 1 aliphatic rings. The van der Waals surface area contributed by atoms with E-state index in [-0.39, 0.29) is 17.3 Å². The van der Waals surface area contributed by atoms with E-state index in [9.17, 15) is 14.0 Å². The normalized spacial score (nSPS) is 14.5. The molecule has 8 heteroatoms. The summed E-state index contributed by atoms with van der Waals surface area (Å²) in [6, 6.07) is 19.4. The van der Waals surface area contributed by atoms with Crippen LogP contribution in [0.5, 0.6) is 0 Å². The number of likely N-dealkylation sites (tertiary alicyclic amines) is 1. The number of aromatic nitrogens is 2. The van der Waals surface area contributed by atoms with Gasteiger partial charge in [0.15, 0.2) is 0 Å². The van der Waals surface area contributed by atoms with Crippen LogP contribution in [0.4, 0.5) is 10.1 Å². The fraction of sp³-hybridized carbons (Fsp3) is 0.343. The number of carbonyl (C=O) groups is 2. The van der Waals surface area contributed by atoms with E-state index in [1.807, 2.05) is 49.7 Å². The monoisotopic (exact) mass is 582 g/mol. The van der Waals surface area contributed by atoms with Crippen molar-refractivity contribution in [2.45, 2.75) is 58.4 Å². The molecule has 0 aliphatic carbocycles. The number of carboxylic acid groups (broad SMARTS) is 1. The van der Waals surface area contributed by atoms with Crippen molar-refractivity contribution < 1.29 is 19.1 Å². The third-order valence-electron chi connectivity index (χ3n) is 8.29. The first-order valence-electron chi connectivity index (χ1n) is 14.8. The molecule has 5 rings (SSSR count). The number of carboxylic acids is 1. The van der Waals surface area contributed by atoms with Gasteiger partial charge < -0.3 is 15.3 Å². The second-order valence-corrected chi connectivity index (χ2v) is 12.4. The van der Waals surface area contributed by atoms with Crippen LogP contribution in [0.3, 0.4) is 0 Å². The Morgan fingerprint density at radius 3 is 2.30 bits per heavy atom. The number of hydrogen-bond acceptors (Lipinski definition) is 4. The molecule has 0 bridgehead atoms.